The first kappa shape index (κ1) is 23.8. The molecule has 0 spiro atoms. The van der Waals surface area contributed by atoms with E-state index in [1.54, 1.807) is 0 Å². The minimum absolute atomic E-state index is 0.161. The van der Waals surface area contributed by atoms with Crippen molar-refractivity contribution in [3.8, 4) is 0 Å². The molecule has 9 heteroatoms. The Morgan fingerprint density at radius 1 is 1.00 bits per heavy atom. The van der Waals surface area contributed by atoms with Crippen molar-refractivity contribution in [3.63, 3.8) is 0 Å². The second-order valence-electron chi connectivity index (χ2n) is 6.95. The molecule has 0 saturated carbocycles. The van der Waals surface area contributed by atoms with Gasteiger partial charge in [-0.05, 0) is 25.2 Å². The van der Waals surface area contributed by atoms with Crippen molar-refractivity contribution in [3.05, 3.63) is 0 Å². The summed E-state index contributed by atoms with van der Waals surface area (Å²) in [6.07, 6.45) is 1.14. The molecule has 0 aliphatic carbocycles. The minimum atomic E-state index is -1.17. The van der Waals surface area contributed by atoms with Gasteiger partial charge in [0.25, 0.3) is 0 Å². The molecular formula is C17H32N4O5. The molecule has 0 bridgehead atoms. The first-order chi connectivity index (χ1) is 12.0. The van der Waals surface area contributed by atoms with E-state index in [4.69, 9.17) is 10.8 Å². The molecule has 0 fully saturated rings. The fourth-order valence-corrected chi connectivity index (χ4v) is 2.21. The summed E-state index contributed by atoms with van der Waals surface area (Å²) in [5.41, 5.74) is 5.85. The summed E-state index contributed by atoms with van der Waals surface area (Å²) < 4.78 is 0. The van der Waals surface area contributed by atoms with Crippen molar-refractivity contribution in [1.29, 1.82) is 0 Å². The molecule has 0 saturated heterocycles. The van der Waals surface area contributed by atoms with Crippen LogP contribution in [0.3, 0.4) is 0 Å². The van der Waals surface area contributed by atoms with Gasteiger partial charge in [0.2, 0.25) is 17.7 Å². The van der Waals surface area contributed by atoms with Crippen molar-refractivity contribution in [2.75, 3.05) is 6.54 Å². The maximum atomic E-state index is 12.4. The first-order valence-corrected chi connectivity index (χ1v) is 8.85. The molecular weight excluding hydrogens is 340 g/mol. The lowest BCUT2D eigenvalue weighted by Crippen LogP contribution is -2.55. The van der Waals surface area contributed by atoms with Crippen molar-refractivity contribution >= 4 is 23.7 Å². The second kappa shape index (κ2) is 11.5. The summed E-state index contributed by atoms with van der Waals surface area (Å²) in [6.45, 7) is 8.53. The van der Waals surface area contributed by atoms with Gasteiger partial charge in [0.15, 0.2) is 0 Å². The summed E-state index contributed by atoms with van der Waals surface area (Å²) in [7, 11) is 0. The fraction of sp³-hybridized carbons (Fsp3) is 0.765. The number of carbonyl (C=O) groups excluding carboxylic acids is 3. The third-order valence-electron chi connectivity index (χ3n) is 4.03. The number of amides is 3. The van der Waals surface area contributed by atoms with E-state index in [0.717, 1.165) is 0 Å². The summed E-state index contributed by atoms with van der Waals surface area (Å²) in [5.74, 6) is -2.64. The fourth-order valence-electron chi connectivity index (χ4n) is 2.21. The van der Waals surface area contributed by atoms with Gasteiger partial charge in [-0.25, -0.2) is 0 Å². The summed E-state index contributed by atoms with van der Waals surface area (Å²) in [4.78, 5) is 47.0. The molecule has 0 heterocycles. The van der Waals surface area contributed by atoms with Crippen LogP contribution in [0.15, 0.2) is 0 Å². The van der Waals surface area contributed by atoms with E-state index in [1.165, 1.54) is 6.92 Å². The number of rotatable bonds is 11. The van der Waals surface area contributed by atoms with E-state index < -0.39 is 41.8 Å². The molecule has 6 N–H and O–H groups in total. The van der Waals surface area contributed by atoms with Crippen LogP contribution in [-0.2, 0) is 19.2 Å². The van der Waals surface area contributed by atoms with Crippen molar-refractivity contribution in [2.24, 2.45) is 17.6 Å². The number of carbonyl (C=O) groups is 4. The smallest absolute Gasteiger partial charge is 0.325 e. The number of carboxylic acid groups (broad SMARTS) is 1. The van der Waals surface area contributed by atoms with Crippen LogP contribution in [0, 0.1) is 11.8 Å². The van der Waals surface area contributed by atoms with Gasteiger partial charge in [-0.1, -0.05) is 34.1 Å². The van der Waals surface area contributed by atoms with Gasteiger partial charge in [-0.2, -0.15) is 0 Å². The van der Waals surface area contributed by atoms with Gasteiger partial charge >= 0.3 is 5.97 Å². The van der Waals surface area contributed by atoms with Gasteiger partial charge < -0.3 is 26.8 Å². The highest BCUT2D eigenvalue weighted by atomic mass is 16.4. The molecule has 4 atom stereocenters. The van der Waals surface area contributed by atoms with E-state index in [2.05, 4.69) is 16.0 Å². The maximum Gasteiger partial charge on any atom is 0.325 e. The number of nitrogens with one attached hydrogen (secondary N) is 3. The number of hydrogen-bond donors (Lipinski definition) is 5. The maximum absolute atomic E-state index is 12.4. The lowest BCUT2D eigenvalue weighted by Gasteiger charge is -2.25. The van der Waals surface area contributed by atoms with Crippen molar-refractivity contribution in [1.82, 2.24) is 16.0 Å². The molecule has 0 aromatic carbocycles. The first-order valence-electron chi connectivity index (χ1n) is 8.85. The Balaban J connectivity index is 4.77. The average Bonchev–Trinajstić information content (AvgIpc) is 2.55. The van der Waals surface area contributed by atoms with E-state index in [9.17, 15) is 19.2 Å². The zero-order valence-corrected chi connectivity index (χ0v) is 16.2. The standard InChI is InChI=1S/C17H32N4O5/c1-6-10(4)14(21-15(23)12(18)7-9(2)3)16(24)19-8-13(22)20-11(5)17(25)26/h9-12,14H,6-8,18H2,1-5H3,(H,19,24)(H,20,22)(H,21,23)(H,25,26). The van der Waals surface area contributed by atoms with Gasteiger partial charge in [0.05, 0.1) is 12.6 Å². The van der Waals surface area contributed by atoms with Crippen LogP contribution in [0.1, 0.15) is 47.5 Å². The molecule has 3 amide bonds. The van der Waals surface area contributed by atoms with E-state index in [1.807, 2.05) is 27.7 Å². The zero-order chi connectivity index (χ0) is 20.4. The van der Waals surface area contributed by atoms with Crippen LogP contribution in [0.25, 0.3) is 0 Å². The highest BCUT2D eigenvalue weighted by Gasteiger charge is 2.28. The Labute approximate surface area is 154 Å². The molecule has 9 nitrogen and oxygen atoms in total. The van der Waals surface area contributed by atoms with Crippen LogP contribution in [-0.4, -0.2) is 53.5 Å². The van der Waals surface area contributed by atoms with Crippen molar-refractivity contribution in [2.45, 2.75) is 65.6 Å². The average molecular weight is 372 g/mol. The van der Waals surface area contributed by atoms with Crippen LogP contribution in [0.2, 0.25) is 0 Å². The Kier molecular flexibility index (Phi) is 10.5. The molecule has 26 heavy (non-hydrogen) atoms. The highest BCUT2D eigenvalue weighted by Crippen LogP contribution is 2.09. The molecule has 150 valence electrons. The number of carboxylic acids is 1. The zero-order valence-electron chi connectivity index (χ0n) is 16.2. The lowest BCUT2D eigenvalue weighted by atomic mass is 9.97. The van der Waals surface area contributed by atoms with Crippen LogP contribution in [0.5, 0.6) is 0 Å². The van der Waals surface area contributed by atoms with Gasteiger partial charge in [0.1, 0.15) is 12.1 Å². The monoisotopic (exact) mass is 372 g/mol. The van der Waals surface area contributed by atoms with Gasteiger partial charge in [-0.15, -0.1) is 0 Å². The molecule has 0 rings (SSSR count). The Morgan fingerprint density at radius 3 is 2.04 bits per heavy atom. The molecule has 0 radical (unpaired) electrons. The predicted octanol–water partition coefficient (Wildman–Crippen LogP) is -0.404. The highest BCUT2D eigenvalue weighted by molar-refractivity contribution is 5.92. The summed E-state index contributed by atoms with van der Waals surface area (Å²) in [6, 6.07) is -2.59. The summed E-state index contributed by atoms with van der Waals surface area (Å²) in [5, 5.41) is 16.1. The Morgan fingerprint density at radius 2 is 1.58 bits per heavy atom. The number of hydrogen-bond acceptors (Lipinski definition) is 5. The normalized spacial score (nSPS) is 15.5. The van der Waals surface area contributed by atoms with Crippen LogP contribution >= 0.6 is 0 Å². The molecule has 4 unspecified atom stereocenters. The van der Waals surface area contributed by atoms with Gasteiger partial charge in [0, 0.05) is 0 Å². The SMILES string of the molecule is CCC(C)C(NC(=O)C(N)CC(C)C)C(=O)NCC(=O)NC(C)C(=O)O. The Bertz CT molecular complexity index is 509. The van der Waals surface area contributed by atoms with Crippen LogP contribution in [0.4, 0.5) is 0 Å². The van der Waals surface area contributed by atoms with Gasteiger partial charge in [-0.3, -0.25) is 19.2 Å². The van der Waals surface area contributed by atoms with E-state index in [0.29, 0.717) is 12.8 Å². The number of nitrogens with two attached hydrogens (primary N) is 1. The summed E-state index contributed by atoms with van der Waals surface area (Å²) >= 11 is 0. The third-order valence-corrected chi connectivity index (χ3v) is 4.03. The topological polar surface area (TPSA) is 151 Å². The predicted molar refractivity (Wildman–Crippen MR) is 97.1 cm³/mol. The van der Waals surface area contributed by atoms with Crippen molar-refractivity contribution < 1.29 is 24.3 Å². The van der Waals surface area contributed by atoms with E-state index in [-0.39, 0.29) is 18.4 Å². The molecule has 0 aliphatic heterocycles. The Hall–Kier alpha value is -2.16. The number of aliphatic carboxylic acids is 1. The second-order valence-corrected chi connectivity index (χ2v) is 6.95. The molecule has 0 aliphatic rings. The third kappa shape index (κ3) is 8.80. The quantitative estimate of drug-likeness (QED) is 0.333. The molecule has 0 aromatic heterocycles. The minimum Gasteiger partial charge on any atom is -0.480 e. The largest absolute Gasteiger partial charge is 0.480 e. The van der Waals surface area contributed by atoms with Crippen LogP contribution < -0.4 is 21.7 Å². The lowest BCUT2D eigenvalue weighted by molar-refractivity contribution is -0.141. The van der Waals surface area contributed by atoms with E-state index >= 15 is 0 Å². The molecule has 0 aromatic rings.